The van der Waals surface area contributed by atoms with Crippen LogP contribution in [0.3, 0.4) is 0 Å². The van der Waals surface area contributed by atoms with Crippen molar-refractivity contribution in [3.05, 3.63) is 23.2 Å². The first-order chi connectivity index (χ1) is 8.13. The van der Waals surface area contributed by atoms with Gasteiger partial charge >= 0.3 is 0 Å². The molecule has 0 fully saturated rings. The maximum absolute atomic E-state index is 11.6. The highest BCUT2D eigenvalue weighted by Gasteiger charge is 2.05. The Balaban J connectivity index is 2.40. The summed E-state index contributed by atoms with van der Waals surface area (Å²) in [4.78, 5) is 11.6. The summed E-state index contributed by atoms with van der Waals surface area (Å²) >= 11 is 5.94. The van der Waals surface area contributed by atoms with E-state index in [1.165, 1.54) is 0 Å². The molecular weight excluding hydrogens is 240 g/mol. The molecule has 0 radical (unpaired) electrons. The van der Waals surface area contributed by atoms with Crippen molar-refractivity contribution in [2.45, 2.75) is 19.8 Å². The van der Waals surface area contributed by atoms with Gasteiger partial charge in [0.2, 0.25) is 5.91 Å². The van der Waals surface area contributed by atoms with E-state index in [0.717, 1.165) is 0 Å². The summed E-state index contributed by atoms with van der Waals surface area (Å²) in [5.41, 5.74) is 6.72. The highest BCUT2D eigenvalue weighted by molar-refractivity contribution is 6.34. The molecule has 4 nitrogen and oxygen atoms in total. The predicted molar refractivity (Wildman–Crippen MR) is 70.2 cm³/mol. The smallest absolute Gasteiger partial charge is 0.224 e. The topological polar surface area (TPSA) is 64.3 Å². The van der Waals surface area contributed by atoms with Gasteiger partial charge in [0, 0.05) is 25.3 Å². The van der Waals surface area contributed by atoms with E-state index in [-0.39, 0.29) is 5.91 Å². The predicted octanol–water partition coefficient (Wildman–Crippen LogP) is 2.68. The summed E-state index contributed by atoms with van der Waals surface area (Å²) in [6.07, 6.45) is 1.12. The van der Waals surface area contributed by atoms with Crippen molar-refractivity contribution in [2.24, 2.45) is 0 Å². The molecule has 0 heterocycles. The highest BCUT2D eigenvalue weighted by atomic mass is 35.5. The van der Waals surface area contributed by atoms with Crippen molar-refractivity contribution in [2.75, 3.05) is 24.3 Å². The van der Waals surface area contributed by atoms with E-state index in [4.69, 9.17) is 22.1 Å². The molecule has 1 aromatic rings. The molecule has 1 amide bonds. The van der Waals surface area contributed by atoms with Crippen LogP contribution in [0, 0.1) is 0 Å². The van der Waals surface area contributed by atoms with Gasteiger partial charge < -0.3 is 15.8 Å². The Morgan fingerprint density at radius 2 is 2.29 bits per heavy atom. The zero-order valence-electron chi connectivity index (χ0n) is 9.83. The number of halogens is 1. The normalized spacial score (nSPS) is 10.2. The van der Waals surface area contributed by atoms with Crippen LogP contribution in [0.4, 0.5) is 11.4 Å². The summed E-state index contributed by atoms with van der Waals surface area (Å²) in [6, 6.07) is 5.00. The van der Waals surface area contributed by atoms with E-state index in [0.29, 0.717) is 42.5 Å². The molecule has 0 unspecified atom stereocenters. The van der Waals surface area contributed by atoms with Gasteiger partial charge in [-0.3, -0.25) is 4.79 Å². The van der Waals surface area contributed by atoms with Gasteiger partial charge in [0.1, 0.15) is 0 Å². The van der Waals surface area contributed by atoms with Gasteiger partial charge in [-0.15, -0.1) is 0 Å². The lowest BCUT2D eigenvalue weighted by molar-refractivity contribution is -0.116. The number of ether oxygens (including phenoxy) is 1. The number of nitrogen functional groups attached to an aromatic ring is 1. The molecule has 17 heavy (non-hydrogen) atoms. The number of amides is 1. The van der Waals surface area contributed by atoms with Gasteiger partial charge in [0.15, 0.2) is 0 Å². The Labute approximate surface area is 106 Å². The van der Waals surface area contributed by atoms with Gasteiger partial charge in [0.25, 0.3) is 0 Å². The van der Waals surface area contributed by atoms with Crippen molar-refractivity contribution >= 4 is 28.9 Å². The molecule has 0 aliphatic heterocycles. The minimum absolute atomic E-state index is 0.0728. The zero-order valence-corrected chi connectivity index (χ0v) is 10.6. The second kappa shape index (κ2) is 7.14. The lowest BCUT2D eigenvalue weighted by Gasteiger charge is -2.07. The molecule has 0 atom stereocenters. The third-order valence-corrected chi connectivity index (χ3v) is 2.48. The standard InChI is InChI=1S/C12H17ClN2O2/c1-2-17-7-3-4-12(16)15-11-6-5-9(14)8-10(11)13/h5-6,8H,2-4,7,14H2,1H3,(H,15,16). The zero-order chi connectivity index (χ0) is 12.7. The van der Waals surface area contributed by atoms with Crippen LogP contribution in [-0.2, 0) is 9.53 Å². The van der Waals surface area contributed by atoms with Gasteiger partial charge in [0.05, 0.1) is 10.7 Å². The number of hydrogen-bond acceptors (Lipinski definition) is 3. The molecule has 94 valence electrons. The van der Waals surface area contributed by atoms with E-state index in [1.807, 2.05) is 6.92 Å². The molecule has 3 N–H and O–H groups in total. The molecule has 0 bridgehead atoms. The van der Waals surface area contributed by atoms with Crippen molar-refractivity contribution in [1.29, 1.82) is 0 Å². The Hall–Kier alpha value is -1.26. The summed E-state index contributed by atoms with van der Waals surface area (Å²) in [6.45, 7) is 3.19. The second-order valence-electron chi connectivity index (χ2n) is 3.59. The Morgan fingerprint density at radius 1 is 1.53 bits per heavy atom. The molecule has 1 aromatic carbocycles. The number of benzene rings is 1. The molecule has 0 aromatic heterocycles. The fourth-order valence-electron chi connectivity index (χ4n) is 1.32. The van der Waals surface area contributed by atoms with E-state index >= 15 is 0 Å². The van der Waals surface area contributed by atoms with E-state index in [1.54, 1.807) is 18.2 Å². The summed E-state index contributed by atoms with van der Waals surface area (Å²) < 4.78 is 5.15. The number of carbonyl (C=O) groups is 1. The Kier molecular flexibility index (Phi) is 5.80. The quantitative estimate of drug-likeness (QED) is 0.608. The van der Waals surface area contributed by atoms with Crippen LogP contribution in [0.2, 0.25) is 5.02 Å². The molecular formula is C12H17ClN2O2. The van der Waals surface area contributed by atoms with Gasteiger partial charge in [-0.05, 0) is 31.5 Å². The molecule has 0 spiro atoms. The van der Waals surface area contributed by atoms with Crippen molar-refractivity contribution in [3.8, 4) is 0 Å². The first-order valence-electron chi connectivity index (χ1n) is 5.56. The molecule has 0 aliphatic rings. The van der Waals surface area contributed by atoms with Crippen LogP contribution in [0.25, 0.3) is 0 Å². The van der Waals surface area contributed by atoms with Crippen LogP contribution in [0.1, 0.15) is 19.8 Å². The van der Waals surface area contributed by atoms with Crippen LogP contribution >= 0.6 is 11.6 Å². The number of nitrogens with one attached hydrogen (secondary N) is 1. The Morgan fingerprint density at radius 3 is 2.94 bits per heavy atom. The lowest BCUT2D eigenvalue weighted by Crippen LogP contribution is -2.12. The van der Waals surface area contributed by atoms with Crippen molar-refractivity contribution in [3.63, 3.8) is 0 Å². The maximum Gasteiger partial charge on any atom is 0.224 e. The van der Waals surface area contributed by atoms with E-state index in [9.17, 15) is 4.79 Å². The van der Waals surface area contributed by atoms with Crippen molar-refractivity contribution < 1.29 is 9.53 Å². The molecule has 0 saturated carbocycles. The minimum Gasteiger partial charge on any atom is -0.399 e. The molecule has 1 rings (SSSR count). The van der Waals surface area contributed by atoms with Crippen LogP contribution in [0.15, 0.2) is 18.2 Å². The highest BCUT2D eigenvalue weighted by Crippen LogP contribution is 2.24. The van der Waals surface area contributed by atoms with Gasteiger partial charge in [-0.2, -0.15) is 0 Å². The Bertz CT molecular complexity index is 383. The van der Waals surface area contributed by atoms with Gasteiger partial charge in [-0.25, -0.2) is 0 Å². The fourth-order valence-corrected chi connectivity index (χ4v) is 1.56. The molecule has 0 saturated heterocycles. The van der Waals surface area contributed by atoms with E-state index in [2.05, 4.69) is 5.32 Å². The second-order valence-corrected chi connectivity index (χ2v) is 4.00. The van der Waals surface area contributed by atoms with E-state index < -0.39 is 0 Å². The number of hydrogen-bond donors (Lipinski definition) is 2. The number of anilines is 2. The summed E-state index contributed by atoms with van der Waals surface area (Å²) in [7, 11) is 0. The summed E-state index contributed by atoms with van der Waals surface area (Å²) in [5, 5.41) is 3.18. The molecule has 0 aliphatic carbocycles. The average molecular weight is 257 g/mol. The van der Waals surface area contributed by atoms with Crippen LogP contribution < -0.4 is 11.1 Å². The average Bonchev–Trinajstić information content (AvgIpc) is 2.28. The van der Waals surface area contributed by atoms with Crippen molar-refractivity contribution in [1.82, 2.24) is 0 Å². The third kappa shape index (κ3) is 5.06. The monoisotopic (exact) mass is 256 g/mol. The summed E-state index contributed by atoms with van der Waals surface area (Å²) in [5.74, 6) is -0.0728. The molecule has 5 heteroatoms. The number of rotatable bonds is 6. The van der Waals surface area contributed by atoms with Gasteiger partial charge in [-0.1, -0.05) is 11.6 Å². The lowest BCUT2D eigenvalue weighted by atomic mass is 10.2. The minimum atomic E-state index is -0.0728. The maximum atomic E-state index is 11.6. The van der Waals surface area contributed by atoms with Crippen LogP contribution in [0.5, 0.6) is 0 Å². The fraction of sp³-hybridized carbons (Fsp3) is 0.417. The third-order valence-electron chi connectivity index (χ3n) is 2.16. The first-order valence-corrected chi connectivity index (χ1v) is 5.94. The number of nitrogens with two attached hydrogens (primary N) is 1. The largest absolute Gasteiger partial charge is 0.399 e. The van der Waals surface area contributed by atoms with Crippen LogP contribution in [-0.4, -0.2) is 19.1 Å². The SMILES string of the molecule is CCOCCCC(=O)Nc1ccc(N)cc1Cl. The first kappa shape index (κ1) is 13.8. The number of carbonyl (C=O) groups excluding carboxylic acids is 1.